The molecule has 1 aliphatic rings. The van der Waals surface area contributed by atoms with Crippen molar-refractivity contribution in [3.05, 3.63) is 290 Å². The third-order valence-electron chi connectivity index (χ3n) is 23.5. The van der Waals surface area contributed by atoms with Gasteiger partial charge in [-0.15, -0.1) is 0 Å². The summed E-state index contributed by atoms with van der Waals surface area (Å²) in [4.78, 5) is 9.48. The first-order valence-electron chi connectivity index (χ1n) is 42.5. The highest BCUT2D eigenvalue weighted by Gasteiger charge is 2.43. The Balaban J connectivity index is 0.886. The van der Waals surface area contributed by atoms with Gasteiger partial charge in [0, 0.05) is 73.7 Å². The lowest BCUT2D eigenvalue weighted by Gasteiger charge is -2.35. The first kappa shape index (κ1) is 81.6. The van der Waals surface area contributed by atoms with E-state index in [9.17, 15) is 0 Å². The lowest BCUT2D eigenvalue weighted by atomic mass is 9.70. The summed E-state index contributed by atoms with van der Waals surface area (Å²) in [7, 11) is 6.82. The van der Waals surface area contributed by atoms with Crippen molar-refractivity contribution in [1.29, 1.82) is 0 Å². The second kappa shape index (κ2) is 40.1. The van der Waals surface area contributed by atoms with E-state index in [2.05, 4.69) is 292 Å². The van der Waals surface area contributed by atoms with Crippen LogP contribution in [0, 0.1) is 11.8 Å². The van der Waals surface area contributed by atoms with E-state index in [1.54, 1.807) is 28.4 Å². The standard InChI is InChI=1S/C105H118N4O6/c1-11-17-21-23-71-105(72-24-22-18-12-2)103-73-93(108(91-51-65-99(66-52-91)114-75-77(15-5)25-19-13-3)85-39-31-81(32-40-85)79-27-35-83(36-28-79)106(87-43-57-95(110-7)58-44-87)88-45-59-96(111-8)60-46-88)55-69-101(103)102-70-56-94(74-104(102)105)109(92-53-67-100(68-54-92)115-76-78(16-6)26-20-14-4)86-41-33-82(34-42-86)80-29-37-84(38-30-80)107(89-47-61-97(112-9)62-48-89)90-49-63-98(113-10)64-50-90/h27-70,73-74,77-78H,11-26,71-72,75-76H2,1-10H3. The van der Waals surface area contributed by atoms with Crippen LogP contribution in [0.1, 0.15) is 168 Å². The third-order valence-corrected chi connectivity index (χ3v) is 23.5. The second-order valence-corrected chi connectivity index (χ2v) is 30.9. The molecule has 0 radical (unpaired) electrons. The second-order valence-electron chi connectivity index (χ2n) is 30.9. The van der Waals surface area contributed by atoms with Gasteiger partial charge in [0.25, 0.3) is 0 Å². The van der Waals surface area contributed by atoms with E-state index in [4.69, 9.17) is 28.4 Å². The Morgan fingerprint density at radius 2 is 0.470 bits per heavy atom. The molecule has 0 heterocycles. The maximum Gasteiger partial charge on any atom is 0.119 e. The Morgan fingerprint density at radius 1 is 0.243 bits per heavy atom. The lowest BCUT2D eigenvalue weighted by Crippen LogP contribution is -2.26. The molecule has 0 aliphatic heterocycles. The highest BCUT2D eigenvalue weighted by Crippen LogP contribution is 2.58. The Hall–Kier alpha value is -11.4. The van der Waals surface area contributed by atoms with Gasteiger partial charge in [0.15, 0.2) is 0 Å². The first-order chi connectivity index (χ1) is 56.5. The summed E-state index contributed by atoms with van der Waals surface area (Å²) in [6, 6.07) is 102. The summed E-state index contributed by atoms with van der Waals surface area (Å²) in [5, 5.41) is 0. The van der Waals surface area contributed by atoms with Crippen molar-refractivity contribution in [2.24, 2.45) is 11.8 Å². The van der Waals surface area contributed by atoms with Gasteiger partial charge in [-0.3, -0.25) is 0 Å². The molecule has 0 bridgehead atoms. The number of anilines is 12. The fourth-order valence-corrected chi connectivity index (χ4v) is 16.7. The van der Waals surface area contributed by atoms with E-state index in [1.807, 2.05) is 48.5 Å². The van der Waals surface area contributed by atoms with Crippen LogP contribution in [0.4, 0.5) is 68.2 Å². The summed E-state index contributed by atoms with van der Waals surface area (Å²) < 4.78 is 35.6. The molecule has 0 amide bonds. The predicted molar refractivity (Wildman–Crippen MR) is 484 cm³/mol. The van der Waals surface area contributed by atoms with Crippen LogP contribution in [-0.4, -0.2) is 41.7 Å². The van der Waals surface area contributed by atoms with Gasteiger partial charge in [-0.05, 0) is 300 Å². The van der Waals surface area contributed by atoms with E-state index in [1.165, 1.54) is 99.3 Å². The van der Waals surface area contributed by atoms with Crippen LogP contribution in [0.3, 0.4) is 0 Å². The van der Waals surface area contributed by atoms with Crippen LogP contribution in [-0.2, 0) is 5.41 Å². The number of hydrogen-bond acceptors (Lipinski definition) is 10. The quantitative estimate of drug-likeness (QED) is 0.0346. The van der Waals surface area contributed by atoms with E-state index in [0.717, 1.165) is 164 Å². The molecule has 1 aliphatic carbocycles. The zero-order chi connectivity index (χ0) is 79.9. The lowest BCUT2D eigenvalue weighted by molar-refractivity contribution is 0.233. The molecule has 12 aromatic rings. The molecule has 0 spiro atoms. The minimum atomic E-state index is -0.273. The van der Waals surface area contributed by atoms with Gasteiger partial charge in [-0.1, -0.05) is 192 Å². The molecule has 594 valence electrons. The third kappa shape index (κ3) is 19.5. The Bertz CT molecular complexity index is 4540. The van der Waals surface area contributed by atoms with Gasteiger partial charge in [0.1, 0.15) is 34.5 Å². The monoisotopic (exact) mass is 1530 g/mol. The van der Waals surface area contributed by atoms with Gasteiger partial charge in [-0.2, -0.15) is 0 Å². The number of fused-ring (bicyclic) bond motifs is 3. The van der Waals surface area contributed by atoms with E-state index in [-0.39, 0.29) is 5.41 Å². The van der Waals surface area contributed by atoms with Crippen molar-refractivity contribution in [3.63, 3.8) is 0 Å². The zero-order valence-electron chi connectivity index (χ0n) is 69.6. The summed E-state index contributed by atoms with van der Waals surface area (Å²) in [5.74, 6) is 6.09. The molecule has 0 saturated carbocycles. The number of rotatable bonds is 42. The Morgan fingerprint density at radius 3 is 0.704 bits per heavy atom. The normalized spacial score (nSPS) is 12.4. The van der Waals surface area contributed by atoms with Crippen LogP contribution in [0.25, 0.3) is 33.4 Å². The van der Waals surface area contributed by atoms with Crippen molar-refractivity contribution >= 4 is 68.2 Å². The molecule has 12 aromatic carbocycles. The molecule has 10 heteroatoms. The smallest absolute Gasteiger partial charge is 0.119 e. The molecule has 2 unspecified atom stereocenters. The highest BCUT2D eigenvalue weighted by atomic mass is 16.5. The van der Waals surface area contributed by atoms with Crippen LogP contribution < -0.4 is 48.0 Å². The summed E-state index contributed by atoms with van der Waals surface area (Å²) >= 11 is 0. The number of ether oxygens (including phenoxy) is 6. The largest absolute Gasteiger partial charge is 0.497 e. The molecule has 13 rings (SSSR count). The summed E-state index contributed by atoms with van der Waals surface area (Å²) in [6.45, 7) is 15.2. The molecule has 2 atom stereocenters. The molecule has 0 saturated heterocycles. The molecule has 10 nitrogen and oxygen atoms in total. The number of nitrogens with zero attached hydrogens (tertiary/aromatic N) is 4. The topological polar surface area (TPSA) is 68.3 Å². The number of methoxy groups -OCH3 is 4. The minimum Gasteiger partial charge on any atom is -0.497 e. The summed E-state index contributed by atoms with van der Waals surface area (Å²) in [6.07, 6.45) is 20.9. The highest BCUT2D eigenvalue weighted by molar-refractivity contribution is 5.90. The molecular weight excluding hydrogens is 1410 g/mol. The average molecular weight is 1530 g/mol. The van der Waals surface area contributed by atoms with Crippen LogP contribution in [0.2, 0.25) is 0 Å². The minimum absolute atomic E-state index is 0.273. The fraction of sp³-hybridized carbons (Fsp3) is 0.314. The molecular formula is C105H118N4O6. The number of hydrogen-bond donors (Lipinski definition) is 0. The van der Waals surface area contributed by atoms with Gasteiger partial charge in [-0.25, -0.2) is 0 Å². The predicted octanol–water partition coefficient (Wildman–Crippen LogP) is 30.3. The molecule has 0 N–H and O–H groups in total. The van der Waals surface area contributed by atoms with Crippen molar-refractivity contribution in [2.75, 3.05) is 61.3 Å². The summed E-state index contributed by atoms with van der Waals surface area (Å²) in [5.41, 5.74) is 22.5. The number of benzene rings is 12. The first-order valence-corrected chi connectivity index (χ1v) is 42.5. The van der Waals surface area contributed by atoms with E-state index in [0.29, 0.717) is 25.0 Å². The van der Waals surface area contributed by atoms with E-state index < -0.39 is 0 Å². The fourth-order valence-electron chi connectivity index (χ4n) is 16.7. The van der Waals surface area contributed by atoms with Crippen LogP contribution >= 0.6 is 0 Å². The van der Waals surface area contributed by atoms with Gasteiger partial charge in [0.2, 0.25) is 0 Å². The SMILES string of the molecule is CCCCCCC1(CCCCCC)c2cc(N(c3ccc(OCC(CC)CCCC)cc3)c3ccc(-c4ccc(N(c5ccc(OC)cc5)c5ccc(OC)cc5)cc4)cc3)ccc2-c2ccc(N(c3ccc(OCC(CC)CCCC)cc3)c3ccc(-c4ccc(N(c5ccc(OC)cc5)c5ccc(OC)cc5)cc4)cc3)cc21. The zero-order valence-corrected chi connectivity index (χ0v) is 69.6. The van der Waals surface area contributed by atoms with Crippen LogP contribution in [0.5, 0.6) is 34.5 Å². The average Bonchev–Trinajstić information content (AvgIpc) is 1.56. The van der Waals surface area contributed by atoms with Gasteiger partial charge < -0.3 is 48.0 Å². The van der Waals surface area contributed by atoms with Crippen molar-refractivity contribution in [2.45, 2.75) is 163 Å². The Kier molecular flexibility index (Phi) is 28.5. The van der Waals surface area contributed by atoms with Gasteiger partial charge in [0.05, 0.1) is 41.7 Å². The van der Waals surface area contributed by atoms with Crippen LogP contribution in [0.15, 0.2) is 279 Å². The van der Waals surface area contributed by atoms with Gasteiger partial charge >= 0.3 is 0 Å². The van der Waals surface area contributed by atoms with E-state index >= 15 is 0 Å². The maximum absolute atomic E-state index is 6.63. The van der Waals surface area contributed by atoms with Crippen molar-refractivity contribution in [3.8, 4) is 67.9 Å². The Labute approximate surface area is 686 Å². The maximum atomic E-state index is 6.63. The van der Waals surface area contributed by atoms with Crippen molar-refractivity contribution < 1.29 is 28.4 Å². The number of unbranched alkanes of at least 4 members (excludes halogenated alkanes) is 8. The van der Waals surface area contributed by atoms with Crippen molar-refractivity contribution in [1.82, 2.24) is 0 Å². The molecule has 0 aromatic heterocycles. The molecule has 115 heavy (non-hydrogen) atoms. The molecule has 0 fully saturated rings.